The first-order valence-corrected chi connectivity index (χ1v) is 14.7. The largest absolute Gasteiger partial charge is 0.335 e. The summed E-state index contributed by atoms with van der Waals surface area (Å²) in [5.74, 6) is 0.793. The molecule has 3 heterocycles. The molecule has 3 heteroatoms. The minimum Gasteiger partial charge on any atom is -0.335 e. The maximum absolute atomic E-state index is 2.87. The molecule has 2 saturated carbocycles. The lowest BCUT2D eigenvalue weighted by molar-refractivity contribution is 0.198. The van der Waals surface area contributed by atoms with Gasteiger partial charge >= 0.3 is 0 Å². The Bertz CT molecular complexity index is 1610. The minimum atomic E-state index is 0.134. The van der Waals surface area contributed by atoms with Gasteiger partial charge in [-0.1, -0.05) is 79.9 Å². The lowest BCUT2D eigenvalue weighted by Crippen LogP contribution is -2.63. The Kier molecular flexibility index (Phi) is 4.15. The van der Waals surface area contributed by atoms with Crippen LogP contribution < -0.4 is 26.2 Å². The van der Waals surface area contributed by atoms with Crippen LogP contribution in [0.1, 0.15) is 57.4 Å². The Balaban J connectivity index is 1.41. The fraction of sp³-hybridized carbons (Fsp3) is 0.314. The molecule has 0 bridgehead atoms. The van der Waals surface area contributed by atoms with Gasteiger partial charge in [-0.2, -0.15) is 0 Å². The number of benzene rings is 4. The normalized spacial score (nSPS) is 26.3. The highest BCUT2D eigenvalue weighted by atomic mass is 15.3. The quantitative estimate of drug-likeness (QED) is 0.250. The van der Waals surface area contributed by atoms with Gasteiger partial charge in [0.2, 0.25) is 0 Å². The molecule has 4 aromatic carbocycles. The van der Waals surface area contributed by atoms with Crippen molar-refractivity contribution in [1.29, 1.82) is 0 Å². The van der Waals surface area contributed by atoms with Gasteiger partial charge in [0.15, 0.2) is 0 Å². The fourth-order valence-corrected chi connectivity index (χ4v) is 9.87. The third kappa shape index (κ3) is 2.34. The molecule has 2 aliphatic carbocycles. The predicted octanol–water partition coefficient (Wildman–Crippen LogP) is 6.82. The predicted molar refractivity (Wildman–Crippen MR) is 160 cm³/mol. The van der Waals surface area contributed by atoms with Gasteiger partial charge in [0.05, 0.1) is 5.54 Å². The smallest absolute Gasteiger partial charge is 0.252 e. The van der Waals surface area contributed by atoms with Crippen LogP contribution in [0.5, 0.6) is 0 Å². The lowest BCUT2D eigenvalue weighted by atomic mass is 9.33. The van der Waals surface area contributed by atoms with Gasteiger partial charge in [-0.15, -0.1) is 0 Å². The Morgan fingerprint density at radius 3 is 2.16 bits per heavy atom. The van der Waals surface area contributed by atoms with E-state index >= 15 is 0 Å². The number of para-hydroxylation sites is 3. The van der Waals surface area contributed by atoms with Crippen LogP contribution in [0, 0.1) is 5.92 Å². The molecule has 0 spiro atoms. The number of fused-ring (bicyclic) bond motifs is 8. The summed E-state index contributed by atoms with van der Waals surface area (Å²) in [6.45, 7) is 2.90. The van der Waals surface area contributed by atoms with E-state index in [1.54, 1.807) is 11.3 Å². The SMILES string of the molecule is CC12CCCC1(C1CCCC1)c1ccc3c4c1N2c1ccccc1B4c1ccccc1N3c1ccccc1. The van der Waals surface area contributed by atoms with E-state index in [9.17, 15) is 0 Å². The highest BCUT2D eigenvalue weighted by Gasteiger charge is 2.67. The zero-order chi connectivity index (χ0) is 25.1. The summed E-state index contributed by atoms with van der Waals surface area (Å²) >= 11 is 0. The van der Waals surface area contributed by atoms with Crippen molar-refractivity contribution in [3.63, 3.8) is 0 Å². The molecule has 3 aliphatic heterocycles. The molecule has 2 atom stereocenters. The van der Waals surface area contributed by atoms with E-state index in [1.807, 2.05) is 0 Å². The topological polar surface area (TPSA) is 6.48 Å². The standard InChI is InChI=1S/C35H33BN2/c1-34-22-11-23-35(34,24-12-5-6-13-24)26-20-21-31-32-33(26)38(34)30-19-10-8-17-28(30)36(32)27-16-7-9-18-29(27)37(31)25-14-3-2-4-15-25/h2-4,7-10,14-21,24H,5-6,11-13,22-23H2,1H3. The number of hydrogen-bond acceptors (Lipinski definition) is 2. The molecule has 0 aromatic heterocycles. The Hall–Kier alpha value is -3.46. The third-order valence-corrected chi connectivity index (χ3v) is 11.2. The molecule has 2 fully saturated rings. The Morgan fingerprint density at radius 1 is 0.684 bits per heavy atom. The molecule has 0 N–H and O–H groups in total. The minimum absolute atomic E-state index is 0.134. The van der Waals surface area contributed by atoms with Gasteiger partial charge in [0.25, 0.3) is 6.71 Å². The van der Waals surface area contributed by atoms with E-state index in [0.717, 1.165) is 5.92 Å². The highest BCUT2D eigenvalue weighted by Crippen LogP contribution is 2.68. The van der Waals surface area contributed by atoms with Crippen LogP contribution >= 0.6 is 0 Å². The molecular formula is C35H33BN2. The molecule has 9 rings (SSSR count). The summed E-state index contributed by atoms with van der Waals surface area (Å²) in [6.07, 6.45) is 9.54. The van der Waals surface area contributed by atoms with E-state index in [4.69, 9.17) is 0 Å². The first-order chi connectivity index (χ1) is 18.7. The summed E-state index contributed by atoms with van der Waals surface area (Å²) in [5, 5.41) is 0. The first kappa shape index (κ1) is 21.5. The van der Waals surface area contributed by atoms with Gasteiger partial charge in [0.1, 0.15) is 0 Å². The summed E-state index contributed by atoms with van der Waals surface area (Å²) in [6, 6.07) is 34.6. The van der Waals surface area contributed by atoms with Gasteiger partial charge in [-0.25, -0.2) is 0 Å². The number of nitrogens with zero attached hydrogens (tertiary/aromatic N) is 2. The lowest BCUT2D eigenvalue weighted by Gasteiger charge is -2.50. The molecule has 0 radical (unpaired) electrons. The molecule has 0 amide bonds. The van der Waals surface area contributed by atoms with Crippen LogP contribution in [0.4, 0.5) is 28.4 Å². The van der Waals surface area contributed by atoms with Crippen molar-refractivity contribution < 1.29 is 0 Å². The monoisotopic (exact) mass is 492 g/mol. The van der Waals surface area contributed by atoms with E-state index in [0.29, 0.717) is 0 Å². The van der Waals surface area contributed by atoms with Gasteiger partial charge < -0.3 is 9.80 Å². The van der Waals surface area contributed by atoms with Crippen molar-refractivity contribution in [2.24, 2.45) is 5.92 Å². The number of anilines is 5. The second kappa shape index (κ2) is 7.35. The van der Waals surface area contributed by atoms with E-state index < -0.39 is 0 Å². The van der Waals surface area contributed by atoms with Crippen molar-refractivity contribution in [1.82, 2.24) is 0 Å². The Morgan fingerprint density at radius 2 is 1.37 bits per heavy atom. The summed E-state index contributed by atoms with van der Waals surface area (Å²) in [4.78, 5) is 5.40. The summed E-state index contributed by atoms with van der Waals surface area (Å²) in [5.41, 5.74) is 13.4. The number of hydrogen-bond donors (Lipinski definition) is 0. The maximum atomic E-state index is 2.87. The molecule has 5 aliphatic rings. The zero-order valence-corrected chi connectivity index (χ0v) is 22.2. The molecule has 0 saturated heterocycles. The van der Waals surface area contributed by atoms with Gasteiger partial charge in [-0.05, 0) is 90.8 Å². The second-order valence-corrected chi connectivity index (χ2v) is 12.5. The van der Waals surface area contributed by atoms with Crippen molar-refractivity contribution in [3.8, 4) is 0 Å². The van der Waals surface area contributed by atoms with Crippen LogP contribution in [0.15, 0.2) is 91.0 Å². The molecular weight excluding hydrogens is 459 g/mol. The molecule has 4 aromatic rings. The van der Waals surface area contributed by atoms with Crippen LogP contribution in [-0.4, -0.2) is 12.3 Å². The van der Waals surface area contributed by atoms with E-state index in [-0.39, 0.29) is 17.7 Å². The van der Waals surface area contributed by atoms with Crippen LogP contribution in [0.2, 0.25) is 0 Å². The molecule has 2 nitrogen and oxygen atoms in total. The van der Waals surface area contributed by atoms with Gasteiger partial charge in [0, 0.05) is 33.9 Å². The van der Waals surface area contributed by atoms with Crippen molar-refractivity contribution >= 4 is 51.5 Å². The summed E-state index contributed by atoms with van der Waals surface area (Å²) < 4.78 is 0. The van der Waals surface area contributed by atoms with Crippen molar-refractivity contribution in [2.75, 3.05) is 9.80 Å². The maximum Gasteiger partial charge on any atom is 0.252 e. The first-order valence-electron chi connectivity index (χ1n) is 14.7. The Labute approximate surface area is 226 Å². The third-order valence-electron chi connectivity index (χ3n) is 11.2. The van der Waals surface area contributed by atoms with Crippen LogP contribution in [0.25, 0.3) is 0 Å². The van der Waals surface area contributed by atoms with Gasteiger partial charge in [-0.3, -0.25) is 0 Å². The van der Waals surface area contributed by atoms with Crippen LogP contribution in [0.3, 0.4) is 0 Å². The molecule has 2 unspecified atom stereocenters. The van der Waals surface area contributed by atoms with E-state index in [2.05, 4.69) is 108 Å². The number of rotatable bonds is 2. The fourth-order valence-electron chi connectivity index (χ4n) is 9.87. The van der Waals surface area contributed by atoms with Crippen molar-refractivity contribution in [2.45, 2.75) is 62.8 Å². The zero-order valence-electron chi connectivity index (χ0n) is 22.2. The molecule has 186 valence electrons. The molecule has 38 heavy (non-hydrogen) atoms. The summed E-state index contributed by atoms with van der Waals surface area (Å²) in [7, 11) is 0. The van der Waals surface area contributed by atoms with Crippen molar-refractivity contribution in [3.05, 3.63) is 96.6 Å². The average molecular weight is 492 g/mol. The van der Waals surface area contributed by atoms with Crippen LogP contribution in [-0.2, 0) is 5.41 Å². The second-order valence-electron chi connectivity index (χ2n) is 12.5. The highest BCUT2D eigenvalue weighted by molar-refractivity contribution is 7.00. The van der Waals surface area contributed by atoms with E-state index in [1.165, 1.54) is 84.1 Å². The average Bonchev–Trinajstić information content (AvgIpc) is 3.66.